The van der Waals surface area contributed by atoms with Crippen molar-refractivity contribution in [2.75, 3.05) is 39.3 Å². The summed E-state index contributed by atoms with van der Waals surface area (Å²) in [5.74, 6) is 0.521. The molecule has 4 heterocycles. The normalized spacial score (nSPS) is 36.4. The lowest BCUT2D eigenvalue weighted by molar-refractivity contribution is -0.918. The topological polar surface area (TPSA) is 76.7 Å². The molecule has 7 nitrogen and oxygen atoms in total. The molecule has 0 radical (unpaired) electrons. The van der Waals surface area contributed by atoms with Gasteiger partial charge in [0.2, 0.25) is 0 Å². The van der Waals surface area contributed by atoms with E-state index < -0.39 is 0 Å². The molecule has 2 unspecified atom stereocenters. The van der Waals surface area contributed by atoms with E-state index in [9.17, 15) is 10.1 Å². The molecule has 2 N–H and O–H groups in total. The van der Waals surface area contributed by atoms with Gasteiger partial charge in [-0.25, -0.2) is 0 Å². The molecule has 24 heavy (non-hydrogen) atoms. The van der Waals surface area contributed by atoms with Gasteiger partial charge in [0.15, 0.2) is 0 Å². The molecule has 4 fully saturated rings. The van der Waals surface area contributed by atoms with E-state index in [0.29, 0.717) is 11.5 Å². The second-order valence-corrected chi connectivity index (χ2v) is 7.60. The van der Waals surface area contributed by atoms with Gasteiger partial charge in [0.1, 0.15) is 18.5 Å². The summed E-state index contributed by atoms with van der Waals surface area (Å²) in [5.41, 5.74) is 2.17. The molecule has 1 aromatic carbocycles. The number of piperidine rings is 2. The molecule has 126 valence electrons. The first-order valence-corrected chi connectivity index (χ1v) is 8.56. The highest BCUT2D eigenvalue weighted by Gasteiger charge is 2.54. The standard InChI is InChI=1S/C17H21N5O2/c1-17-11-20-5-6-21(12-17)10-14(9-20)16(17)19-18-8-13-3-2-4-15(7-13)22(23)24/h2-4,7-8,14H,5-6,9-12H2,1H3/p+2/b18-8-,19-16+. The largest absolute Gasteiger partial charge is 0.329 e. The zero-order valence-electron chi connectivity index (χ0n) is 13.9. The lowest BCUT2D eigenvalue weighted by atomic mass is 9.72. The summed E-state index contributed by atoms with van der Waals surface area (Å²) in [5, 5.41) is 19.7. The Morgan fingerprint density at radius 3 is 2.62 bits per heavy atom. The van der Waals surface area contributed by atoms with Crippen LogP contribution < -0.4 is 9.80 Å². The predicted octanol–water partition coefficient (Wildman–Crippen LogP) is -1.20. The Morgan fingerprint density at radius 2 is 2.00 bits per heavy atom. The zero-order valence-corrected chi connectivity index (χ0v) is 13.9. The number of nitrogens with one attached hydrogen (secondary N) is 2. The summed E-state index contributed by atoms with van der Waals surface area (Å²) in [4.78, 5) is 13.9. The number of non-ortho nitro benzene ring substituents is 1. The monoisotopic (exact) mass is 329 g/mol. The van der Waals surface area contributed by atoms with Crippen LogP contribution in [0, 0.1) is 21.4 Å². The van der Waals surface area contributed by atoms with Gasteiger partial charge in [0.05, 0.1) is 48.9 Å². The van der Waals surface area contributed by atoms with Crippen molar-refractivity contribution in [3.05, 3.63) is 39.9 Å². The van der Waals surface area contributed by atoms with E-state index in [-0.39, 0.29) is 16.0 Å². The van der Waals surface area contributed by atoms with Crippen LogP contribution in [0.4, 0.5) is 5.69 Å². The van der Waals surface area contributed by atoms with Gasteiger partial charge in [-0.3, -0.25) is 10.1 Å². The minimum atomic E-state index is -0.389. The highest BCUT2D eigenvalue weighted by Crippen LogP contribution is 2.26. The number of nitro benzene ring substituents is 1. The molecule has 2 atom stereocenters. The Bertz CT molecular complexity index is 713. The first kappa shape index (κ1) is 15.4. The smallest absolute Gasteiger partial charge is 0.270 e. The molecule has 4 saturated heterocycles. The molecule has 0 aromatic heterocycles. The fraction of sp³-hybridized carbons (Fsp3) is 0.529. The minimum absolute atomic E-state index is 0.0810. The van der Waals surface area contributed by atoms with E-state index in [1.165, 1.54) is 44.0 Å². The number of hydrogen-bond acceptors (Lipinski definition) is 4. The minimum Gasteiger partial charge on any atom is -0.329 e. The number of nitro groups is 1. The Morgan fingerprint density at radius 1 is 1.29 bits per heavy atom. The fourth-order valence-corrected chi connectivity index (χ4v) is 4.76. The van der Waals surface area contributed by atoms with E-state index >= 15 is 0 Å². The molecule has 7 heteroatoms. The maximum absolute atomic E-state index is 10.8. The third kappa shape index (κ3) is 2.74. The molecule has 4 aliphatic rings. The van der Waals surface area contributed by atoms with Crippen LogP contribution in [0.15, 0.2) is 34.5 Å². The molecule has 5 rings (SSSR count). The zero-order chi connectivity index (χ0) is 16.7. The van der Waals surface area contributed by atoms with Crippen LogP contribution in [-0.4, -0.2) is 56.1 Å². The maximum atomic E-state index is 10.8. The van der Waals surface area contributed by atoms with Crippen LogP contribution in [0.5, 0.6) is 0 Å². The Balaban J connectivity index is 1.58. The number of hydrogen-bond donors (Lipinski definition) is 2. The molecular formula is C17H23N5O2+2. The molecule has 0 saturated carbocycles. The van der Waals surface area contributed by atoms with E-state index in [2.05, 4.69) is 17.1 Å². The van der Waals surface area contributed by atoms with Crippen LogP contribution >= 0.6 is 0 Å². The van der Waals surface area contributed by atoms with Crippen molar-refractivity contribution in [2.24, 2.45) is 21.5 Å². The summed E-state index contributed by atoms with van der Waals surface area (Å²) in [6.07, 6.45) is 1.63. The van der Waals surface area contributed by atoms with Crippen molar-refractivity contribution < 1.29 is 14.7 Å². The number of quaternary nitrogens is 2. The van der Waals surface area contributed by atoms with Crippen LogP contribution in [0.1, 0.15) is 12.5 Å². The van der Waals surface area contributed by atoms with Crippen LogP contribution in [0.2, 0.25) is 0 Å². The van der Waals surface area contributed by atoms with E-state index in [1.54, 1.807) is 22.1 Å². The molecule has 0 aliphatic carbocycles. The maximum Gasteiger partial charge on any atom is 0.270 e. The molecule has 4 aliphatic heterocycles. The Hall–Kier alpha value is -2.12. The van der Waals surface area contributed by atoms with Gasteiger partial charge in [0, 0.05) is 17.7 Å². The number of nitrogens with zero attached hydrogens (tertiary/aromatic N) is 3. The van der Waals surface area contributed by atoms with Gasteiger partial charge >= 0.3 is 0 Å². The summed E-state index contributed by atoms with van der Waals surface area (Å²) in [6.45, 7) is 9.51. The second-order valence-electron chi connectivity index (χ2n) is 7.60. The van der Waals surface area contributed by atoms with Crippen molar-refractivity contribution in [1.82, 2.24) is 0 Å². The van der Waals surface area contributed by atoms with Gasteiger partial charge < -0.3 is 9.80 Å². The number of benzene rings is 1. The third-order valence-electron chi connectivity index (χ3n) is 5.64. The van der Waals surface area contributed by atoms with Crippen LogP contribution in [0.3, 0.4) is 0 Å². The van der Waals surface area contributed by atoms with Crippen LogP contribution in [0.25, 0.3) is 0 Å². The Labute approximate surface area is 140 Å². The summed E-state index contributed by atoms with van der Waals surface area (Å²) >= 11 is 0. The third-order valence-corrected chi connectivity index (χ3v) is 5.64. The van der Waals surface area contributed by atoms with Gasteiger partial charge in [-0.05, 0) is 6.92 Å². The fourth-order valence-electron chi connectivity index (χ4n) is 4.76. The molecule has 1 aromatic rings. The first-order chi connectivity index (χ1) is 11.5. The predicted molar refractivity (Wildman–Crippen MR) is 90.8 cm³/mol. The van der Waals surface area contributed by atoms with Gasteiger partial charge in [-0.1, -0.05) is 12.1 Å². The second kappa shape index (κ2) is 5.75. The number of rotatable bonds is 3. The van der Waals surface area contributed by atoms with Gasteiger partial charge in [-0.15, -0.1) is 0 Å². The van der Waals surface area contributed by atoms with Crippen molar-refractivity contribution in [1.29, 1.82) is 0 Å². The SMILES string of the molecule is CC12C[NH+]3CC[NH+](CC(C3)/C1=N\N=C/c1cccc([N+](=O)[O-])c1)C2. The molecular weight excluding hydrogens is 306 g/mol. The van der Waals surface area contributed by atoms with E-state index in [1.807, 2.05) is 6.07 Å². The molecule has 0 spiro atoms. The first-order valence-electron chi connectivity index (χ1n) is 8.56. The van der Waals surface area contributed by atoms with E-state index in [0.717, 1.165) is 13.1 Å². The number of fused-ring (bicyclic) bond motifs is 1. The Kier molecular flexibility index (Phi) is 3.69. The summed E-state index contributed by atoms with van der Waals surface area (Å²) in [6, 6.07) is 6.50. The van der Waals surface area contributed by atoms with Crippen molar-refractivity contribution in [3.8, 4) is 0 Å². The highest BCUT2D eigenvalue weighted by atomic mass is 16.6. The van der Waals surface area contributed by atoms with Crippen LogP contribution in [-0.2, 0) is 0 Å². The van der Waals surface area contributed by atoms with Crippen molar-refractivity contribution in [2.45, 2.75) is 6.92 Å². The summed E-state index contributed by atoms with van der Waals surface area (Å²) < 4.78 is 0. The molecule has 4 bridgehead atoms. The van der Waals surface area contributed by atoms with Crippen molar-refractivity contribution in [3.63, 3.8) is 0 Å². The van der Waals surface area contributed by atoms with Crippen molar-refractivity contribution >= 4 is 17.6 Å². The lowest BCUT2D eigenvalue weighted by Gasteiger charge is -2.43. The lowest BCUT2D eigenvalue weighted by Crippen LogP contribution is -3.16. The quantitative estimate of drug-likeness (QED) is 0.415. The average molecular weight is 329 g/mol. The van der Waals surface area contributed by atoms with E-state index in [4.69, 9.17) is 0 Å². The average Bonchev–Trinajstić information content (AvgIpc) is 2.77. The van der Waals surface area contributed by atoms with Gasteiger partial charge in [0.25, 0.3) is 5.69 Å². The summed E-state index contributed by atoms with van der Waals surface area (Å²) in [7, 11) is 0. The van der Waals surface area contributed by atoms with Gasteiger partial charge in [-0.2, -0.15) is 10.2 Å². The molecule has 0 amide bonds. The highest BCUT2D eigenvalue weighted by molar-refractivity contribution is 5.94.